The lowest BCUT2D eigenvalue weighted by atomic mass is 9.87. The van der Waals surface area contributed by atoms with Crippen molar-refractivity contribution in [2.45, 2.75) is 40.0 Å². The summed E-state index contributed by atoms with van der Waals surface area (Å²) in [4.78, 5) is 2.38. The lowest BCUT2D eigenvalue weighted by Crippen LogP contribution is -2.13. The van der Waals surface area contributed by atoms with Crippen molar-refractivity contribution in [1.82, 2.24) is 0 Å². The molecule has 0 saturated carbocycles. The van der Waals surface area contributed by atoms with Crippen molar-refractivity contribution in [3.8, 4) is 22.3 Å². The highest BCUT2D eigenvalue weighted by Gasteiger charge is 2.18. The van der Waals surface area contributed by atoms with Gasteiger partial charge in [0.15, 0.2) is 0 Å². The normalized spacial score (nSPS) is 11.8. The molecular weight excluding hydrogens is 591 g/mol. The van der Waals surface area contributed by atoms with Crippen molar-refractivity contribution in [3.05, 3.63) is 174 Å². The molecule has 0 aliphatic rings. The Morgan fingerprint density at radius 2 is 0.837 bits per heavy atom. The predicted molar refractivity (Wildman–Crippen MR) is 213 cm³/mol. The van der Waals surface area contributed by atoms with E-state index in [9.17, 15) is 0 Å². The molecule has 238 valence electrons. The molecule has 0 spiro atoms. The van der Waals surface area contributed by atoms with Crippen LogP contribution in [0.2, 0.25) is 0 Å². The topological polar surface area (TPSA) is 3.24 Å². The van der Waals surface area contributed by atoms with Gasteiger partial charge in [-0.3, -0.25) is 0 Å². The Balaban J connectivity index is 1.22. The third-order valence-corrected chi connectivity index (χ3v) is 10.1. The molecule has 0 N–H and O–H groups in total. The van der Waals surface area contributed by atoms with Gasteiger partial charge in [0.2, 0.25) is 0 Å². The highest BCUT2D eigenvalue weighted by atomic mass is 15.1. The van der Waals surface area contributed by atoms with E-state index in [0.717, 1.165) is 17.1 Å². The molecule has 0 heterocycles. The average Bonchev–Trinajstić information content (AvgIpc) is 3.12. The summed E-state index contributed by atoms with van der Waals surface area (Å²) in [7, 11) is 0. The number of nitrogens with zero attached hydrogens (tertiary/aromatic N) is 1. The number of rotatable bonds is 5. The predicted octanol–water partition coefficient (Wildman–Crippen LogP) is 13.9. The molecule has 0 unspecified atom stereocenters. The minimum atomic E-state index is 0.0915. The molecule has 1 nitrogen and oxygen atoms in total. The average molecular weight is 632 g/mol. The van der Waals surface area contributed by atoms with Gasteiger partial charge in [0.25, 0.3) is 0 Å². The number of hydrogen-bond acceptors (Lipinski definition) is 1. The van der Waals surface area contributed by atoms with E-state index < -0.39 is 0 Å². The van der Waals surface area contributed by atoms with Crippen LogP contribution in [0.25, 0.3) is 54.6 Å². The second kappa shape index (κ2) is 12.1. The molecule has 8 rings (SSSR count). The molecule has 1 heteroatoms. The summed E-state index contributed by atoms with van der Waals surface area (Å²) in [6.45, 7) is 11.2. The lowest BCUT2D eigenvalue weighted by Gasteiger charge is -2.28. The molecule has 0 atom stereocenters. The quantitative estimate of drug-likeness (QED) is 0.171. The number of aryl methyl sites for hydroxylation is 2. The first-order valence-corrected chi connectivity index (χ1v) is 17.3. The first kappa shape index (κ1) is 30.7. The summed E-state index contributed by atoms with van der Waals surface area (Å²) in [6, 6.07) is 58.1. The maximum atomic E-state index is 2.38. The SMILES string of the molecule is Cc1ccccc1-c1ccc(N(c2ccc(-c3ccc4c5ccccc5c5ccccc5c4c3)cc2)c2ccc(C(C)(C)C)cc2)cc1C. The molecule has 0 aliphatic carbocycles. The molecule has 0 saturated heterocycles. The van der Waals surface area contributed by atoms with Crippen LogP contribution in [0.3, 0.4) is 0 Å². The molecule has 8 aromatic rings. The first-order chi connectivity index (χ1) is 23.8. The first-order valence-electron chi connectivity index (χ1n) is 17.3. The van der Waals surface area contributed by atoms with Crippen LogP contribution >= 0.6 is 0 Å². The van der Waals surface area contributed by atoms with Gasteiger partial charge >= 0.3 is 0 Å². The van der Waals surface area contributed by atoms with Gasteiger partial charge < -0.3 is 4.90 Å². The van der Waals surface area contributed by atoms with Crippen molar-refractivity contribution in [1.29, 1.82) is 0 Å². The lowest BCUT2D eigenvalue weighted by molar-refractivity contribution is 0.590. The summed E-state index contributed by atoms with van der Waals surface area (Å²) in [5.74, 6) is 0. The van der Waals surface area contributed by atoms with Crippen molar-refractivity contribution >= 4 is 49.4 Å². The molecule has 8 aromatic carbocycles. The Hall–Kier alpha value is -5.66. The minimum absolute atomic E-state index is 0.0915. The van der Waals surface area contributed by atoms with E-state index in [1.165, 1.54) is 71.3 Å². The third-order valence-electron chi connectivity index (χ3n) is 10.1. The van der Waals surface area contributed by atoms with Gasteiger partial charge in [-0.1, -0.05) is 136 Å². The number of hydrogen-bond donors (Lipinski definition) is 0. The maximum Gasteiger partial charge on any atom is 0.0464 e. The fourth-order valence-electron chi connectivity index (χ4n) is 7.41. The van der Waals surface area contributed by atoms with Gasteiger partial charge in [-0.05, 0) is 133 Å². The second-order valence-corrected chi connectivity index (χ2v) is 14.3. The Kier molecular flexibility index (Phi) is 7.57. The molecule has 0 fully saturated rings. The van der Waals surface area contributed by atoms with E-state index in [-0.39, 0.29) is 5.41 Å². The van der Waals surface area contributed by atoms with E-state index in [2.05, 4.69) is 197 Å². The molecule has 0 aromatic heterocycles. The fourth-order valence-corrected chi connectivity index (χ4v) is 7.41. The van der Waals surface area contributed by atoms with E-state index in [0.29, 0.717) is 0 Å². The van der Waals surface area contributed by atoms with Gasteiger partial charge in [-0.2, -0.15) is 0 Å². The smallest absolute Gasteiger partial charge is 0.0464 e. The standard InChI is InChI=1S/C48H41N/c1-32-12-6-7-13-40(32)41-29-27-39(30-33(41)2)49(38-25-21-36(22-26-38)48(3,4)5)37-23-18-34(19-24-37)35-20-28-46-44-16-9-8-14-42(44)43-15-10-11-17-45(43)47(46)31-35/h6-31H,1-5H3. The summed E-state index contributed by atoms with van der Waals surface area (Å²) >= 11 is 0. The van der Waals surface area contributed by atoms with Gasteiger partial charge in [0.1, 0.15) is 0 Å². The van der Waals surface area contributed by atoms with Crippen LogP contribution in [-0.4, -0.2) is 0 Å². The number of benzene rings is 8. The maximum absolute atomic E-state index is 2.38. The summed E-state index contributed by atoms with van der Waals surface area (Å²) in [5.41, 5.74) is 12.4. The van der Waals surface area contributed by atoms with Crippen LogP contribution in [0.4, 0.5) is 17.1 Å². The van der Waals surface area contributed by atoms with Crippen LogP contribution in [-0.2, 0) is 5.41 Å². The minimum Gasteiger partial charge on any atom is -0.310 e. The second-order valence-electron chi connectivity index (χ2n) is 14.3. The Labute approximate surface area is 290 Å². The Morgan fingerprint density at radius 1 is 0.367 bits per heavy atom. The van der Waals surface area contributed by atoms with Crippen LogP contribution in [0, 0.1) is 13.8 Å². The molecule has 0 radical (unpaired) electrons. The van der Waals surface area contributed by atoms with E-state index in [4.69, 9.17) is 0 Å². The monoisotopic (exact) mass is 631 g/mol. The van der Waals surface area contributed by atoms with E-state index in [1.807, 2.05) is 0 Å². The van der Waals surface area contributed by atoms with Crippen LogP contribution in [0.5, 0.6) is 0 Å². The van der Waals surface area contributed by atoms with Gasteiger partial charge in [-0.15, -0.1) is 0 Å². The zero-order chi connectivity index (χ0) is 33.7. The zero-order valence-corrected chi connectivity index (χ0v) is 29.0. The highest BCUT2D eigenvalue weighted by Crippen LogP contribution is 2.41. The molecule has 0 amide bonds. The highest BCUT2D eigenvalue weighted by molar-refractivity contribution is 6.25. The fraction of sp³-hybridized carbons (Fsp3) is 0.125. The molecule has 49 heavy (non-hydrogen) atoms. The van der Waals surface area contributed by atoms with Gasteiger partial charge in [0, 0.05) is 17.1 Å². The molecular formula is C48H41N. The zero-order valence-electron chi connectivity index (χ0n) is 29.0. The summed E-state index contributed by atoms with van der Waals surface area (Å²) in [6.07, 6.45) is 0. The van der Waals surface area contributed by atoms with E-state index in [1.54, 1.807) is 0 Å². The number of anilines is 3. The summed E-state index contributed by atoms with van der Waals surface area (Å²) < 4.78 is 0. The van der Waals surface area contributed by atoms with Crippen molar-refractivity contribution in [2.24, 2.45) is 0 Å². The third kappa shape index (κ3) is 5.56. The van der Waals surface area contributed by atoms with Crippen molar-refractivity contribution < 1.29 is 0 Å². The molecule has 0 bridgehead atoms. The Bertz CT molecular complexity index is 2440. The van der Waals surface area contributed by atoms with Crippen molar-refractivity contribution in [3.63, 3.8) is 0 Å². The van der Waals surface area contributed by atoms with Gasteiger partial charge in [0.05, 0.1) is 0 Å². The summed E-state index contributed by atoms with van der Waals surface area (Å²) in [5, 5.41) is 7.79. The van der Waals surface area contributed by atoms with Gasteiger partial charge in [-0.25, -0.2) is 0 Å². The molecule has 0 aliphatic heterocycles. The van der Waals surface area contributed by atoms with Crippen LogP contribution < -0.4 is 4.90 Å². The van der Waals surface area contributed by atoms with Crippen LogP contribution in [0.1, 0.15) is 37.5 Å². The Morgan fingerprint density at radius 3 is 1.41 bits per heavy atom. The largest absolute Gasteiger partial charge is 0.310 e. The number of fused-ring (bicyclic) bond motifs is 6. The van der Waals surface area contributed by atoms with Crippen LogP contribution in [0.15, 0.2) is 158 Å². The van der Waals surface area contributed by atoms with E-state index >= 15 is 0 Å². The van der Waals surface area contributed by atoms with Crippen molar-refractivity contribution in [2.75, 3.05) is 4.90 Å².